The van der Waals surface area contributed by atoms with Gasteiger partial charge in [0, 0.05) is 18.3 Å². The van der Waals surface area contributed by atoms with Gasteiger partial charge in [-0.3, -0.25) is 9.78 Å². The highest BCUT2D eigenvalue weighted by molar-refractivity contribution is 6.01. The van der Waals surface area contributed by atoms with Gasteiger partial charge in [0.25, 0.3) is 5.91 Å². The van der Waals surface area contributed by atoms with Gasteiger partial charge in [-0.1, -0.05) is 6.07 Å². The number of nitrogens with zero attached hydrogens (tertiary/aromatic N) is 5. The highest BCUT2D eigenvalue weighted by Gasteiger charge is 2.49. The number of halogens is 5. The lowest BCUT2D eigenvalue weighted by molar-refractivity contribution is -0.141. The second kappa shape index (κ2) is 8.37. The molecule has 1 amide bonds. The first-order chi connectivity index (χ1) is 16.2. The molecule has 6 nitrogen and oxygen atoms in total. The average Bonchev–Trinajstić information content (AvgIpc) is 3.37. The van der Waals surface area contributed by atoms with E-state index < -0.39 is 23.5 Å². The molecule has 0 spiro atoms. The third-order valence-corrected chi connectivity index (χ3v) is 6.45. The minimum Gasteiger partial charge on any atom is -0.332 e. The summed E-state index contributed by atoms with van der Waals surface area (Å²) in [5.74, 6) is -1.85. The minimum atomic E-state index is -4.56. The van der Waals surface area contributed by atoms with E-state index in [0.29, 0.717) is 24.7 Å². The zero-order valence-corrected chi connectivity index (χ0v) is 17.6. The van der Waals surface area contributed by atoms with Crippen LogP contribution in [0.15, 0.2) is 43.0 Å². The molecule has 2 aliphatic heterocycles. The molecule has 3 aromatic rings. The van der Waals surface area contributed by atoms with Gasteiger partial charge in [0.2, 0.25) is 0 Å². The molecule has 4 heterocycles. The highest BCUT2D eigenvalue weighted by atomic mass is 19.4. The summed E-state index contributed by atoms with van der Waals surface area (Å²) >= 11 is 0. The van der Waals surface area contributed by atoms with Gasteiger partial charge >= 0.3 is 6.18 Å². The van der Waals surface area contributed by atoms with Gasteiger partial charge in [-0.2, -0.15) is 13.2 Å². The fourth-order valence-corrected chi connectivity index (χ4v) is 5.03. The minimum absolute atomic E-state index is 0.00665. The Labute approximate surface area is 190 Å². The normalized spacial score (nSPS) is 21.8. The number of rotatable bonds is 4. The lowest BCUT2D eigenvalue weighted by Gasteiger charge is -2.25. The van der Waals surface area contributed by atoms with Crippen LogP contribution in [-0.2, 0) is 12.6 Å². The molecule has 11 heteroatoms. The van der Waals surface area contributed by atoms with Gasteiger partial charge in [0.05, 0.1) is 35.4 Å². The van der Waals surface area contributed by atoms with E-state index in [1.165, 1.54) is 18.2 Å². The quantitative estimate of drug-likeness (QED) is 0.521. The Balaban J connectivity index is 1.39. The molecule has 2 bridgehead atoms. The lowest BCUT2D eigenvalue weighted by atomic mass is 9.86. The molecular formula is C23H18F5N5O. The van der Waals surface area contributed by atoms with Crippen molar-refractivity contribution in [3.8, 4) is 11.4 Å². The number of hydrogen-bond acceptors (Lipinski definition) is 5. The average molecular weight is 475 g/mol. The maximum atomic E-state index is 14.7. The van der Waals surface area contributed by atoms with Crippen LogP contribution in [0.1, 0.15) is 41.0 Å². The molecule has 2 aliphatic rings. The van der Waals surface area contributed by atoms with Crippen LogP contribution in [0.25, 0.3) is 11.4 Å². The van der Waals surface area contributed by atoms with Crippen molar-refractivity contribution < 1.29 is 26.7 Å². The number of hydrogen-bond donors (Lipinski definition) is 0. The number of alkyl halides is 3. The second-order valence-electron chi connectivity index (χ2n) is 8.49. The van der Waals surface area contributed by atoms with Gasteiger partial charge in [0.15, 0.2) is 17.3 Å². The van der Waals surface area contributed by atoms with Crippen LogP contribution in [0, 0.1) is 17.6 Å². The number of benzene rings is 1. The largest absolute Gasteiger partial charge is 0.434 e. The monoisotopic (exact) mass is 475 g/mol. The molecule has 34 heavy (non-hydrogen) atoms. The first kappa shape index (κ1) is 22.3. The third-order valence-electron chi connectivity index (χ3n) is 6.45. The molecule has 1 aromatic carbocycles. The standard InChI is InChI=1S/C23H18F5N5O/c24-13-8-31-21(32-9-13)20-16(2-1-3-17(20)25)22(34)33-15-4-5-18(33)12(7-15)6-14-10-30-19(11-29-14)23(26,27)28/h1-3,8-12,15,18H,4-7H2. The second-order valence-corrected chi connectivity index (χ2v) is 8.49. The first-order valence-electron chi connectivity index (χ1n) is 10.7. The van der Waals surface area contributed by atoms with Crippen LogP contribution >= 0.6 is 0 Å². The van der Waals surface area contributed by atoms with Crippen LogP contribution in [0.5, 0.6) is 0 Å². The van der Waals surface area contributed by atoms with Crippen LogP contribution in [0.4, 0.5) is 22.0 Å². The van der Waals surface area contributed by atoms with Gasteiger partial charge in [0.1, 0.15) is 5.82 Å². The van der Waals surface area contributed by atoms with Crippen molar-refractivity contribution >= 4 is 5.91 Å². The molecule has 0 saturated carbocycles. The van der Waals surface area contributed by atoms with Crippen molar-refractivity contribution in [3.63, 3.8) is 0 Å². The van der Waals surface area contributed by atoms with E-state index >= 15 is 0 Å². The maximum Gasteiger partial charge on any atom is 0.434 e. The Morgan fingerprint density at radius 3 is 2.44 bits per heavy atom. The number of aromatic nitrogens is 4. The molecule has 2 aromatic heterocycles. The summed E-state index contributed by atoms with van der Waals surface area (Å²) in [6, 6.07) is 3.86. The number of amides is 1. The Hall–Kier alpha value is -3.50. The van der Waals surface area contributed by atoms with Crippen molar-refractivity contribution in [1.29, 1.82) is 0 Å². The summed E-state index contributed by atoms with van der Waals surface area (Å²) in [6.07, 6.45) is 1.65. The molecule has 5 rings (SSSR count). The van der Waals surface area contributed by atoms with Crippen molar-refractivity contribution in [2.45, 2.75) is 43.9 Å². The SMILES string of the molecule is O=C(c1cccc(F)c1-c1ncc(F)cn1)N1C2CCC1C(Cc1cnc(C(F)(F)F)cn1)C2. The topological polar surface area (TPSA) is 71.9 Å². The van der Waals surface area contributed by atoms with Gasteiger partial charge < -0.3 is 4.90 Å². The maximum absolute atomic E-state index is 14.7. The number of carbonyl (C=O) groups is 1. The van der Waals surface area contributed by atoms with Crippen molar-refractivity contribution in [2.24, 2.45) is 5.92 Å². The summed E-state index contributed by atoms with van der Waals surface area (Å²) in [5, 5.41) is 0. The fraction of sp³-hybridized carbons (Fsp3) is 0.348. The first-order valence-corrected chi connectivity index (χ1v) is 10.7. The molecule has 0 N–H and O–H groups in total. The van der Waals surface area contributed by atoms with Crippen LogP contribution in [0.2, 0.25) is 0 Å². The van der Waals surface area contributed by atoms with Crippen molar-refractivity contribution in [1.82, 2.24) is 24.8 Å². The van der Waals surface area contributed by atoms with Gasteiger partial charge in [-0.25, -0.2) is 23.7 Å². The summed E-state index contributed by atoms with van der Waals surface area (Å²) in [6.45, 7) is 0. The van der Waals surface area contributed by atoms with E-state index in [1.807, 2.05) is 0 Å². The number of carbonyl (C=O) groups excluding carboxylic acids is 1. The molecule has 176 valence electrons. The Kier molecular flexibility index (Phi) is 5.49. The van der Waals surface area contributed by atoms with E-state index in [2.05, 4.69) is 19.9 Å². The molecule has 0 radical (unpaired) electrons. The zero-order valence-electron chi connectivity index (χ0n) is 17.6. The van der Waals surface area contributed by atoms with E-state index in [-0.39, 0.29) is 40.9 Å². The summed E-state index contributed by atoms with van der Waals surface area (Å²) in [4.78, 5) is 30.3. The summed E-state index contributed by atoms with van der Waals surface area (Å²) < 4.78 is 66.2. The van der Waals surface area contributed by atoms with Crippen LogP contribution < -0.4 is 0 Å². The molecule has 3 unspecified atom stereocenters. The van der Waals surface area contributed by atoms with E-state index in [1.54, 1.807) is 4.90 Å². The van der Waals surface area contributed by atoms with Crippen molar-refractivity contribution in [3.05, 3.63) is 71.6 Å². The predicted molar refractivity (Wildman–Crippen MR) is 109 cm³/mol. The van der Waals surface area contributed by atoms with Crippen LogP contribution in [-0.4, -0.2) is 42.8 Å². The zero-order chi connectivity index (χ0) is 24.0. The van der Waals surface area contributed by atoms with E-state index in [0.717, 1.165) is 31.4 Å². The van der Waals surface area contributed by atoms with Crippen LogP contribution in [0.3, 0.4) is 0 Å². The highest BCUT2D eigenvalue weighted by Crippen LogP contribution is 2.44. The third kappa shape index (κ3) is 3.99. The molecule has 3 atom stereocenters. The molecular weight excluding hydrogens is 457 g/mol. The van der Waals surface area contributed by atoms with Gasteiger partial charge in [-0.05, 0) is 43.7 Å². The Bertz CT molecular complexity index is 1220. The van der Waals surface area contributed by atoms with Gasteiger partial charge in [-0.15, -0.1) is 0 Å². The molecule has 0 aliphatic carbocycles. The smallest absolute Gasteiger partial charge is 0.332 e. The summed E-state index contributed by atoms with van der Waals surface area (Å²) in [5.41, 5.74) is -0.644. The molecule has 2 saturated heterocycles. The predicted octanol–water partition coefficient (Wildman–Crippen LogP) is 4.47. The Morgan fingerprint density at radius 2 is 1.76 bits per heavy atom. The lowest BCUT2D eigenvalue weighted by Crippen LogP contribution is -2.37. The Morgan fingerprint density at radius 1 is 1.00 bits per heavy atom. The molecule has 2 fully saturated rings. The van der Waals surface area contributed by atoms with E-state index in [9.17, 15) is 26.7 Å². The number of fused-ring (bicyclic) bond motifs is 2. The van der Waals surface area contributed by atoms with Crippen molar-refractivity contribution in [2.75, 3.05) is 0 Å². The van der Waals surface area contributed by atoms with E-state index in [4.69, 9.17) is 0 Å². The fourth-order valence-electron chi connectivity index (χ4n) is 5.03. The summed E-state index contributed by atoms with van der Waals surface area (Å²) in [7, 11) is 0.